The topological polar surface area (TPSA) is 52.6 Å². The van der Waals surface area contributed by atoms with Crippen LogP contribution in [-0.4, -0.2) is 18.9 Å². The van der Waals surface area contributed by atoms with Crippen LogP contribution in [0, 0.1) is 0 Å². The number of hydrogen-bond donors (Lipinski definition) is 0. The molecule has 0 amide bonds. The summed E-state index contributed by atoms with van der Waals surface area (Å²) in [5, 5.41) is 0.573. The standard InChI is InChI=1S/C23H16BrClO4/c1-28-22-14-15(2-12-20(26)16-6-10-19(25)11-7-16)3-13-21(22)29-23(27)17-4-8-18(24)9-5-17/h2-14H,1H3. The summed E-state index contributed by atoms with van der Waals surface area (Å²) in [6.45, 7) is 0. The maximum atomic E-state index is 12.3. The fourth-order valence-electron chi connectivity index (χ4n) is 2.50. The van der Waals surface area contributed by atoms with E-state index in [0.717, 1.165) is 10.0 Å². The number of ether oxygens (including phenoxy) is 2. The number of hydrogen-bond acceptors (Lipinski definition) is 4. The van der Waals surface area contributed by atoms with Gasteiger partial charge in [-0.2, -0.15) is 0 Å². The fraction of sp³-hybridized carbons (Fsp3) is 0.0435. The Hall–Kier alpha value is -2.89. The van der Waals surface area contributed by atoms with Crippen LogP contribution in [0.3, 0.4) is 0 Å². The van der Waals surface area contributed by atoms with Gasteiger partial charge in [-0.1, -0.05) is 39.7 Å². The number of allylic oxidation sites excluding steroid dienone is 1. The molecule has 0 N–H and O–H groups in total. The number of esters is 1. The molecule has 0 atom stereocenters. The van der Waals surface area contributed by atoms with Crippen LogP contribution < -0.4 is 9.47 Å². The first-order valence-electron chi connectivity index (χ1n) is 8.60. The van der Waals surface area contributed by atoms with E-state index >= 15 is 0 Å². The van der Waals surface area contributed by atoms with Gasteiger partial charge >= 0.3 is 5.97 Å². The van der Waals surface area contributed by atoms with Crippen molar-refractivity contribution in [2.75, 3.05) is 7.11 Å². The molecule has 0 radical (unpaired) electrons. The van der Waals surface area contributed by atoms with Crippen LogP contribution >= 0.6 is 27.5 Å². The van der Waals surface area contributed by atoms with Gasteiger partial charge in [-0.05, 0) is 72.3 Å². The third kappa shape index (κ3) is 5.56. The van der Waals surface area contributed by atoms with Crippen molar-refractivity contribution in [2.45, 2.75) is 0 Å². The highest BCUT2D eigenvalue weighted by atomic mass is 79.9. The van der Waals surface area contributed by atoms with Gasteiger partial charge in [-0.15, -0.1) is 0 Å². The van der Waals surface area contributed by atoms with E-state index in [1.54, 1.807) is 72.8 Å². The lowest BCUT2D eigenvalue weighted by Gasteiger charge is -2.10. The Morgan fingerprint density at radius 2 is 1.55 bits per heavy atom. The smallest absolute Gasteiger partial charge is 0.343 e. The van der Waals surface area contributed by atoms with Gasteiger partial charge in [0.05, 0.1) is 12.7 Å². The molecule has 3 rings (SSSR count). The number of carbonyl (C=O) groups is 2. The maximum absolute atomic E-state index is 12.3. The second-order valence-electron chi connectivity index (χ2n) is 6.01. The molecule has 146 valence electrons. The molecule has 0 saturated heterocycles. The summed E-state index contributed by atoms with van der Waals surface area (Å²) < 4.78 is 11.6. The predicted molar refractivity (Wildman–Crippen MR) is 117 cm³/mol. The molecule has 0 spiro atoms. The Morgan fingerprint density at radius 1 is 0.897 bits per heavy atom. The van der Waals surface area contributed by atoms with Crippen LogP contribution in [0.1, 0.15) is 26.3 Å². The Kier molecular flexibility index (Phi) is 6.86. The van der Waals surface area contributed by atoms with Crippen molar-refractivity contribution in [3.63, 3.8) is 0 Å². The minimum atomic E-state index is -0.489. The van der Waals surface area contributed by atoms with E-state index in [9.17, 15) is 9.59 Å². The fourth-order valence-corrected chi connectivity index (χ4v) is 2.89. The highest BCUT2D eigenvalue weighted by molar-refractivity contribution is 9.10. The molecule has 0 aliphatic rings. The lowest BCUT2D eigenvalue weighted by atomic mass is 10.1. The lowest BCUT2D eigenvalue weighted by molar-refractivity contribution is 0.0729. The third-order valence-corrected chi connectivity index (χ3v) is 4.81. The van der Waals surface area contributed by atoms with Gasteiger partial charge in [0.2, 0.25) is 0 Å². The Labute approximate surface area is 181 Å². The highest BCUT2D eigenvalue weighted by Gasteiger charge is 2.13. The van der Waals surface area contributed by atoms with Crippen molar-refractivity contribution in [3.05, 3.63) is 99.0 Å². The van der Waals surface area contributed by atoms with E-state index in [0.29, 0.717) is 27.6 Å². The molecule has 0 unspecified atom stereocenters. The molecule has 3 aromatic carbocycles. The first-order valence-corrected chi connectivity index (χ1v) is 9.77. The molecule has 0 bridgehead atoms. The van der Waals surface area contributed by atoms with Crippen LogP contribution in [0.2, 0.25) is 5.02 Å². The van der Waals surface area contributed by atoms with Crippen molar-refractivity contribution >= 4 is 45.4 Å². The molecule has 0 fully saturated rings. The first-order chi connectivity index (χ1) is 14.0. The summed E-state index contributed by atoms with van der Waals surface area (Å²) in [6, 6.07) is 18.6. The largest absolute Gasteiger partial charge is 0.493 e. The molecule has 4 nitrogen and oxygen atoms in total. The number of carbonyl (C=O) groups excluding carboxylic acids is 2. The first kappa shape index (κ1) is 20.8. The third-order valence-electron chi connectivity index (χ3n) is 4.03. The van der Waals surface area contributed by atoms with E-state index < -0.39 is 5.97 Å². The minimum absolute atomic E-state index is 0.147. The Bertz CT molecular complexity index is 1060. The van der Waals surface area contributed by atoms with Crippen LogP contribution in [0.15, 0.2) is 77.3 Å². The molecule has 0 aliphatic carbocycles. The molecule has 3 aromatic rings. The monoisotopic (exact) mass is 470 g/mol. The molecular formula is C23H16BrClO4. The molecule has 0 aromatic heterocycles. The van der Waals surface area contributed by atoms with Crippen LogP contribution in [0.5, 0.6) is 11.5 Å². The average molecular weight is 472 g/mol. The summed E-state index contributed by atoms with van der Waals surface area (Å²) in [4.78, 5) is 24.6. The minimum Gasteiger partial charge on any atom is -0.493 e. The molecule has 29 heavy (non-hydrogen) atoms. The van der Waals surface area contributed by atoms with Crippen LogP contribution in [-0.2, 0) is 0 Å². The number of methoxy groups -OCH3 is 1. The summed E-state index contributed by atoms with van der Waals surface area (Å²) in [5.74, 6) is 0.0431. The van der Waals surface area contributed by atoms with Gasteiger partial charge in [0.1, 0.15) is 0 Å². The van der Waals surface area contributed by atoms with Crippen molar-refractivity contribution in [2.24, 2.45) is 0 Å². The SMILES string of the molecule is COc1cc(C=CC(=O)c2ccc(Cl)cc2)ccc1OC(=O)c1ccc(Br)cc1. The molecular weight excluding hydrogens is 456 g/mol. The molecule has 0 aliphatic heterocycles. The van der Waals surface area contributed by atoms with E-state index in [-0.39, 0.29) is 5.78 Å². The average Bonchev–Trinajstić information content (AvgIpc) is 2.73. The maximum Gasteiger partial charge on any atom is 0.343 e. The Morgan fingerprint density at radius 3 is 2.21 bits per heavy atom. The predicted octanol–water partition coefficient (Wildman–Crippen LogP) is 6.23. The number of rotatable bonds is 6. The second kappa shape index (κ2) is 9.54. The van der Waals surface area contributed by atoms with Gasteiger partial charge in [0, 0.05) is 15.1 Å². The quantitative estimate of drug-likeness (QED) is 0.185. The van der Waals surface area contributed by atoms with Gasteiger partial charge in [0.15, 0.2) is 17.3 Å². The zero-order chi connectivity index (χ0) is 20.8. The van der Waals surface area contributed by atoms with Crippen molar-refractivity contribution < 1.29 is 19.1 Å². The zero-order valence-electron chi connectivity index (χ0n) is 15.4. The van der Waals surface area contributed by atoms with Gasteiger partial charge in [-0.3, -0.25) is 4.79 Å². The lowest BCUT2D eigenvalue weighted by Crippen LogP contribution is -2.09. The number of benzene rings is 3. The van der Waals surface area contributed by atoms with Gasteiger partial charge in [0.25, 0.3) is 0 Å². The van der Waals surface area contributed by atoms with Crippen LogP contribution in [0.4, 0.5) is 0 Å². The van der Waals surface area contributed by atoms with E-state index in [4.69, 9.17) is 21.1 Å². The zero-order valence-corrected chi connectivity index (χ0v) is 17.7. The second-order valence-corrected chi connectivity index (χ2v) is 7.36. The van der Waals surface area contributed by atoms with E-state index in [2.05, 4.69) is 15.9 Å². The molecule has 6 heteroatoms. The summed E-state index contributed by atoms with van der Waals surface area (Å²) in [7, 11) is 1.48. The summed E-state index contributed by atoms with van der Waals surface area (Å²) in [6.07, 6.45) is 3.13. The van der Waals surface area contributed by atoms with Gasteiger partial charge in [-0.25, -0.2) is 4.79 Å². The normalized spacial score (nSPS) is 10.7. The summed E-state index contributed by atoms with van der Waals surface area (Å²) >= 11 is 9.16. The van der Waals surface area contributed by atoms with Gasteiger partial charge < -0.3 is 9.47 Å². The highest BCUT2D eigenvalue weighted by Crippen LogP contribution is 2.29. The van der Waals surface area contributed by atoms with Crippen molar-refractivity contribution in [1.29, 1.82) is 0 Å². The Balaban J connectivity index is 1.74. The van der Waals surface area contributed by atoms with E-state index in [1.165, 1.54) is 13.2 Å². The summed E-state index contributed by atoms with van der Waals surface area (Å²) in [5.41, 5.74) is 1.69. The molecule has 0 heterocycles. The number of ketones is 1. The van der Waals surface area contributed by atoms with E-state index in [1.807, 2.05) is 0 Å². The molecule has 0 saturated carbocycles. The van der Waals surface area contributed by atoms with Crippen molar-refractivity contribution in [3.8, 4) is 11.5 Å². The number of halogens is 2. The van der Waals surface area contributed by atoms with Crippen molar-refractivity contribution in [1.82, 2.24) is 0 Å². The van der Waals surface area contributed by atoms with Crippen LogP contribution in [0.25, 0.3) is 6.08 Å².